The summed E-state index contributed by atoms with van der Waals surface area (Å²) in [5, 5.41) is 6.43. The summed E-state index contributed by atoms with van der Waals surface area (Å²) >= 11 is 0. The first-order chi connectivity index (χ1) is 31.2. The van der Waals surface area contributed by atoms with Gasteiger partial charge in [0, 0.05) is 78.9 Å². The van der Waals surface area contributed by atoms with Gasteiger partial charge in [0.1, 0.15) is 22.3 Å². The topological polar surface area (TPSA) is 32.8 Å². The minimum atomic E-state index is 0.825. The summed E-state index contributed by atoms with van der Waals surface area (Å²) < 4.78 is 14.3. The number of rotatable bonds is 8. The van der Waals surface area contributed by atoms with Gasteiger partial charge in [-0.1, -0.05) is 133 Å². The quantitative estimate of drug-likeness (QED) is 0.153. The third-order valence-corrected chi connectivity index (χ3v) is 12.3. The lowest BCUT2D eigenvalue weighted by Gasteiger charge is -2.26. The zero-order chi connectivity index (χ0) is 41.9. The molecule has 2 aromatic heterocycles. The molecule has 12 rings (SSSR count). The first-order valence-corrected chi connectivity index (χ1v) is 21.4. The van der Waals surface area contributed by atoms with Crippen molar-refractivity contribution in [2.24, 2.45) is 0 Å². The number of hydrogen-bond donors (Lipinski definition) is 0. The van der Waals surface area contributed by atoms with Crippen molar-refractivity contribution >= 4 is 88.8 Å². The predicted molar refractivity (Wildman–Crippen MR) is 263 cm³/mol. The fraction of sp³-hybridized carbons (Fsp3) is 0.0169. The lowest BCUT2D eigenvalue weighted by Crippen LogP contribution is -2.10. The van der Waals surface area contributed by atoms with Crippen LogP contribution in [0.5, 0.6) is 0 Å². The van der Waals surface area contributed by atoms with E-state index < -0.39 is 0 Å². The Bertz CT molecular complexity index is 3580. The third-order valence-electron chi connectivity index (χ3n) is 12.3. The summed E-state index contributed by atoms with van der Waals surface area (Å²) in [5.41, 5.74) is 15.3. The van der Waals surface area contributed by atoms with E-state index in [4.69, 9.17) is 8.83 Å². The largest absolute Gasteiger partial charge is 0.455 e. The molecule has 10 aromatic carbocycles. The number of aryl methyl sites for hydroxylation is 1. The van der Waals surface area contributed by atoms with Crippen molar-refractivity contribution in [1.82, 2.24) is 0 Å². The van der Waals surface area contributed by atoms with Gasteiger partial charge in [-0.15, -0.1) is 0 Å². The smallest absolute Gasteiger partial charge is 0.143 e. The molecule has 12 aromatic rings. The maximum Gasteiger partial charge on any atom is 0.143 e. The van der Waals surface area contributed by atoms with Crippen LogP contribution in [0.1, 0.15) is 5.56 Å². The molecule has 0 unspecified atom stereocenters. The van der Waals surface area contributed by atoms with E-state index in [-0.39, 0.29) is 0 Å². The molecule has 4 nitrogen and oxygen atoms in total. The molecule has 4 heteroatoms. The third kappa shape index (κ3) is 6.14. The fourth-order valence-electron chi connectivity index (χ4n) is 9.45. The molecular weight excluding hydrogens is 769 g/mol. The van der Waals surface area contributed by atoms with Crippen molar-refractivity contribution in [3.05, 3.63) is 230 Å². The number of furan rings is 2. The Morgan fingerprint density at radius 3 is 1.13 bits per heavy atom. The van der Waals surface area contributed by atoms with Crippen LogP contribution in [-0.4, -0.2) is 0 Å². The molecular formula is C59H40N2O2. The molecule has 0 fully saturated rings. The second kappa shape index (κ2) is 15.0. The van der Waals surface area contributed by atoms with Crippen molar-refractivity contribution in [3.63, 3.8) is 0 Å². The van der Waals surface area contributed by atoms with E-state index in [0.717, 1.165) is 111 Å². The zero-order valence-corrected chi connectivity index (χ0v) is 34.6. The number of nitrogens with zero attached hydrogens (tertiary/aromatic N) is 2. The second-order valence-electron chi connectivity index (χ2n) is 16.1. The highest BCUT2D eigenvalue weighted by atomic mass is 16.3. The van der Waals surface area contributed by atoms with Gasteiger partial charge in [0.15, 0.2) is 0 Å². The summed E-state index contributed by atoms with van der Waals surface area (Å²) in [6, 6.07) is 79.3. The van der Waals surface area contributed by atoms with E-state index in [0.29, 0.717) is 0 Å². The van der Waals surface area contributed by atoms with Crippen LogP contribution in [0.15, 0.2) is 233 Å². The monoisotopic (exact) mass is 808 g/mol. The van der Waals surface area contributed by atoms with Crippen LogP contribution < -0.4 is 9.80 Å². The second-order valence-corrected chi connectivity index (χ2v) is 16.1. The Hall–Kier alpha value is -8.34. The Kier molecular flexibility index (Phi) is 8.68. The number of fused-ring (bicyclic) bond motifs is 7. The summed E-state index contributed by atoms with van der Waals surface area (Å²) in [5.74, 6) is 0. The van der Waals surface area contributed by atoms with E-state index >= 15 is 0 Å². The van der Waals surface area contributed by atoms with Crippen LogP contribution in [0.2, 0.25) is 0 Å². The molecule has 0 amide bonds. The van der Waals surface area contributed by atoms with Crippen LogP contribution >= 0.6 is 0 Å². The van der Waals surface area contributed by atoms with E-state index in [1.54, 1.807) is 0 Å². The van der Waals surface area contributed by atoms with E-state index in [9.17, 15) is 0 Å². The van der Waals surface area contributed by atoms with Gasteiger partial charge in [-0.05, 0) is 113 Å². The number of benzene rings is 10. The molecule has 0 radical (unpaired) electrons. The normalized spacial score (nSPS) is 11.6. The lowest BCUT2D eigenvalue weighted by atomic mass is 9.89. The molecule has 0 N–H and O–H groups in total. The van der Waals surface area contributed by atoms with E-state index in [2.05, 4.69) is 241 Å². The van der Waals surface area contributed by atoms with Gasteiger partial charge >= 0.3 is 0 Å². The number of hydrogen-bond acceptors (Lipinski definition) is 4. The van der Waals surface area contributed by atoms with Crippen molar-refractivity contribution in [2.75, 3.05) is 9.80 Å². The Morgan fingerprint density at radius 1 is 0.302 bits per heavy atom. The predicted octanol–water partition coefficient (Wildman–Crippen LogP) is 17.2. The van der Waals surface area contributed by atoms with E-state index in [1.807, 2.05) is 0 Å². The average Bonchev–Trinajstić information content (AvgIpc) is 3.89. The zero-order valence-electron chi connectivity index (χ0n) is 34.6. The summed E-state index contributed by atoms with van der Waals surface area (Å²) in [4.78, 5) is 4.59. The molecule has 0 aliphatic heterocycles. The lowest BCUT2D eigenvalue weighted by molar-refractivity contribution is 0.669. The Labute approximate surface area is 365 Å². The Morgan fingerprint density at radius 2 is 0.683 bits per heavy atom. The molecule has 0 aliphatic rings. The maximum atomic E-state index is 7.14. The summed E-state index contributed by atoms with van der Waals surface area (Å²) in [6.07, 6.45) is 0. The maximum absolute atomic E-state index is 7.14. The first-order valence-electron chi connectivity index (χ1n) is 21.4. The highest BCUT2D eigenvalue weighted by Gasteiger charge is 2.25. The fourth-order valence-corrected chi connectivity index (χ4v) is 9.45. The van der Waals surface area contributed by atoms with Crippen molar-refractivity contribution in [2.45, 2.75) is 6.92 Å². The van der Waals surface area contributed by atoms with Gasteiger partial charge in [0.25, 0.3) is 0 Å². The molecule has 0 saturated carbocycles. The molecule has 0 spiro atoms. The highest BCUT2D eigenvalue weighted by molar-refractivity contribution is 6.26. The van der Waals surface area contributed by atoms with Gasteiger partial charge in [-0.25, -0.2) is 0 Å². The molecule has 298 valence electrons. The minimum absolute atomic E-state index is 0.825. The average molecular weight is 809 g/mol. The van der Waals surface area contributed by atoms with Crippen LogP contribution in [0, 0.1) is 6.92 Å². The summed E-state index contributed by atoms with van der Waals surface area (Å²) in [6.45, 7) is 2.16. The van der Waals surface area contributed by atoms with Crippen LogP contribution in [0.4, 0.5) is 34.1 Å². The Balaban J connectivity index is 1.13. The first kappa shape index (κ1) is 36.5. The molecule has 2 heterocycles. The molecule has 63 heavy (non-hydrogen) atoms. The van der Waals surface area contributed by atoms with Crippen molar-refractivity contribution in [3.8, 4) is 22.3 Å². The van der Waals surface area contributed by atoms with Gasteiger partial charge < -0.3 is 18.6 Å². The van der Waals surface area contributed by atoms with Gasteiger partial charge in [0.2, 0.25) is 0 Å². The van der Waals surface area contributed by atoms with Gasteiger partial charge in [0.05, 0.1) is 0 Å². The SMILES string of the molecule is Cc1ccccc1N(c1ccccc1)c1ccc2c(c1)oc1c(-c3ccccc3)c3cc4c(oc5cc(N(c6ccccc6)c6ccccc6)ccc54)c(-c4ccccc4)c3cc12. The minimum Gasteiger partial charge on any atom is -0.455 e. The summed E-state index contributed by atoms with van der Waals surface area (Å²) in [7, 11) is 0. The van der Waals surface area contributed by atoms with Gasteiger partial charge in [-0.2, -0.15) is 0 Å². The van der Waals surface area contributed by atoms with Crippen molar-refractivity contribution < 1.29 is 8.83 Å². The molecule has 0 bridgehead atoms. The molecule has 0 saturated heterocycles. The van der Waals surface area contributed by atoms with Crippen LogP contribution in [0.3, 0.4) is 0 Å². The van der Waals surface area contributed by atoms with Crippen LogP contribution in [0.25, 0.3) is 76.9 Å². The van der Waals surface area contributed by atoms with E-state index in [1.165, 1.54) is 5.56 Å². The standard InChI is InChI=1S/C59H40N2O2/c1-39-19-17-18-30-53(39)61(44-28-15-6-16-29-44)46-32-34-48-52-38-50-49(57(41-22-9-3-10-23-41)59(52)63-55(48)36-46)37-51-47-33-31-45(35-54(47)62-58(51)56(50)40-20-7-2-8-21-40)60(42-24-11-4-12-25-42)43-26-13-5-14-27-43/h2-38H,1H3. The number of anilines is 6. The number of para-hydroxylation sites is 4. The van der Waals surface area contributed by atoms with Gasteiger partial charge in [-0.3, -0.25) is 0 Å². The molecule has 0 aliphatic carbocycles. The molecule has 0 atom stereocenters. The van der Waals surface area contributed by atoms with Crippen LogP contribution in [-0.2, 0) is 0 Å². The van der Waals surface area contributed by atoms with Crippen molar-refractivity contribution in [1.29, 1.82) is 0 Å². The highest BCUT2D eigenvalue weighted by Crippen LogP contribution is 2.49.